The predicted molar refractivity (Wildman–Crippen MR) is 104 cm³/mol. The van der Waals surface area contributed by atoms with E-state index in [-0.39, 0.29) is 11.8 Å². The van der Waals surface area contributed by atoms with Crippen molar-refractivity contribution in [3.63, 3.8) is 0 Å². The minimum Gasteiger partial charge on any atom is -0.491 e. The number of ether oxygens (including phenoxy) is 1. The summed E-state index contributed by atoms with van der Waals surface area (Å²) in [6.07, 6.45) is 0. The lowest BCUT2D eigenvalue weighted by atomic mass is 10.1. The maximum Gasteiger partial charge on any atom is 0.276 e. The summed E-state index contributed by atoms with van der Waals surface area (Å²) in [6.45, 7) is 7.53. The average molecular weight is 382 g/mol. The zero-order valence-corrected chi connectivity index (χ0v) is 16.0. The maximum absolute atomic E-state index is 12.9. The van der Waals surface area contributed by atoms with Crippen LogP contribution in [0.1, 0.15) is 40.4 Å². The van der Waals surface area contributed by atoms with Crippen LogP contribution in [0.25, 0.3) is 11.0 Å². The van der Waals surface area contributed by atoms with Gasteiger partial charge in [0.2, 0.25) is 11.9 Å². The second kappa shape index (κ2) is 6.66. The third-order valence-electron chi connectivity index (χ3n) is 4.77. The minimum absolute atomic E-state index is 0.195. The fourth-order valence-corrected chi connectivity index (χ4v) is 3.49. The van der Waals surface area contributed by atoms with E-state index in [1.54, 1.807) is 22.9 Å². The first-order valence-electron chi connectivity index (χ1n) is 9.20. The van der Waals surface area contributed by atoms with Crippen LogP contribution in [0.15, 0.2) is 18.2 Å². The Morgan fingerprint density at radius 1 is 1.36 bits per heavy atom. The van der Waals surface area contributed by atoms with E-state index in [0.717, 1.165) is 11.2 Å². The van der Waals surface area contributed by atoms with Gasteiger partial charge in [-0.15, -0.1) is 0 Å². The zero-order valence-electron chi connectivity index (χ0n) is 16.0. The molecule has 3 N–H and O–H groups in total. The summed E-state index contributed by atoms with van der Waals surface area (Å²) in [5.74, 6) is 0.297. The number of rotatable bonds is 4. The molecule has 2 amide bonds. The van der Waals surface area contributed by atoms with Crippen molar-refractivity contribution in [3.8, 4) is 5.75 Å². The Morgan fingerprint density at radius 3 is 2.86 bits per heavy atom. The van der Waals surface area contributed by atoms with E-state index in [4.69, 9.17) is 10.5 Å². The van der Waals surface area contributed by atoms with Crippen LogP contribution in [0.3, 0.4) is 0 Å². The molecule has 0 bridgehead atoms. The largest absolute Gasteiger partial charge is 0.491 e. The van der Waals surface area contributed by atoms with Gasteiger partial charge in [-0.3, -0.25) is 19.6 Å². The quantitative estimate of drug-likeness (QED) is 0.715. The van der Waals surface area contributed by atoms with Gasteiger partial charge in [0.1, 0.15) is 17.0 Å². The molecule has 146 valence electrons. The highest BCUT2D eigenvalue weighted by Gasteiger charge is 2.24. The second-order valence-electron chi connectivity index (χ2n) is 7.11. The minimum atomic E-state index is -0.554. The van der Waals surface area contributed by atoms with Gasteiger partial charge in [0.15, 0.2) is 0 Å². The lowest BCUT2D eigenvalue weighted by Gasteiger charge is -2.12. The fourth-order valence-electron chi connectivity index (χ4n) is 3.49. The molecule has 0 saturated carbocycles. The van der Waals surface area contributed by atoms with E-state index in [1.807, 2.05) is 25.3 Å². The molecule has 0 radical (unpaired) electrons. The molecule has 0 aliphatic carbocycles. The van der Waals surface area contributed by atoms with Crippen LogP contribution in [0.4, 0.5) is 5.95 Å². The number of carbonyl (C=O) groups excluding carboxylic acids is 2. The number of nitrogens with zero attached hydrogens (tertiary/aromatic N) is 4. The van der Waals surface area contributed by atoms with Crippen molar-refractivity contribution >= 4 is 28.8 Å². The molecule has 3 aromatic rings. The molecular formula is C19H22N6O3. The monoisotopic (exact) mass is 382 g/mol. The van der Waals surface area contributed by atoms with Gasteiger partial charge in [0.25, 0.3) is 5.91 Å². The molecule has 1 aliphatic rings. The number of nitrogens with two attached hydrogens (primary N) is 1. The van der Waals surface area contributed by atoms with Crippen LogP contribution in [0, 0.1) is 12.8 Å². The molecule has 1 atom stereocenters. The van der Waals surface area contributed by atoms with E-state index < -0.39 is 5.91 Å². The van der Waals surface area contributed by atoms with Crippen molar-refractivity contribution in [1.29, 1.82) is 0 Å². The first-order valence-corrected chi connectivity index (χ1v) is 9.20. The lowest BCUT2D eigenvalue weighted by molar-refractivity contribution is 0.0995. The highest BCUT2D eigenvalue weighted by molar-refractivity contribution is 6.04. The van der Waals surface area contributed by atoms with Crippen molar-refractivity contribution in [1.82, 2.24) is 19.3 Å². The van der Waals surface area contributed by atoms with Crippen LogP contribution in [0.2, 0.25) is 0 Å². The number of primary amides is 1. The topological polar surface area (TPSA) is 117 Å². The smallest absolute Gasteiger partial charge is 0.276 e. The number of hydrogen-bond donors (Lipinski definition) is 2. The Hall–Kier alpha value is -3.36. The van der Waals surface area contributed by atoms with Crippen LogP contribution in [-0.2, 0) is 13.1 Å². The van der Waals surface area contributed by atoms with Gasteiger partial charge in [0, 0.05) is 24.6 Å². The summed E-state index contributed by atoms with van der Waals surface area (Å²) in [6, 6.07) is 4.99. The first-order chi connectivity index (χ1) is 13.4. The Morgan fingerprint density at radius 2 is 2.14 bits per heavy atom. The van der Waals surface area contributed by atoms with Gasteiger partial charge < -0.3 is 15.0 Å². The van der Waals surface area contributed by atoms with E-state index in [0.29, 0.717) is 48.2 Å². The molecule has 4 rings (SSSR count). The molecular weight excluding hydrogens is 360 g/mol. The standard InChI is InChI=1S/C19H22N6O3/c1-4-25-14(5-11(3)23-25)18(27)22-19-21-13-6-12(17(20)26)7-15-16(13)24(19)8-10(2)9-28-15/h5-7,10H,4,8-9H2,1-3H3,(H2,20,26)(H,21,22,27)/t10-/m0/s1. The first kappa shape index (κ1) is 18.0. The van der Waals surface area contributed by atoms with Gasteiger partial charge in [0.05, 0.1) is 17.8 Å². The molecule has 1 aromatic carbocycles. The summed E-state index contributed by atoms with van der Waals surface area (Å²) in [5, 5.41) is 7.21. The summed E-state index contributed by atoms with van der Waals surface area (Å²) < 4.78 is 9.44. The molecule has 1 aliphatic heterocycles. The van der Waals surface area contributed by atoms with E-state index in [2.05, 4.69) is 15.4 Å². The maximum atomic E-state index is 12.9. The number of nitrogens with one attached hydrogen (secondary N) is 1. The number of anilines is 1. The average Bonchev–Trinajstić information content (AvgIpc) is 3.14. The normalized spacial score (nSPS) is 15.9. The van der Waals surface area contributed by atoms with Crippen LogP contribution < -0.4 is 15.8 Å². The van der Waals surface area contributed by atoms with Gasteiger partial charge >= 0.3 is 0 Å². The Balaban J connectivity index is 1.80. The van der Waals surface area contributed by atoms with Crippen LogP contribution in [0.5, 0.6) is 5.75 Å². The third-order valence-corrected chi connectivity index (χ3v) is 4.77. The summed E-state index contributed by atoms with van der Waals surface area (Å²) in [7, 11) is 0. The van der Waals surface area contributed by atoms with Crippen molar-refractivity contribution in [2.45, 2.75) is 33.9 Å². The van der Waals surface area contributed by atoms with Gasteiger partial charge in [-0.1, -0.05) is 6.92 Å². The third kappa shape index (κ3) is 2.98. The van der Waals surface area contributed by atoms with Crippen molar-refractivity contribution in [2.24, 2.45) is 11.7 Å². The fraction of sp³-hybridized carbons (Fsp3) is 0.368. The summed E-state index contributed by atoms with van der Waals surface area (Å²) in [5.41, 5.74) is 8.29. The van der Waals surface area contributed by atoms with E-state index in [9.17, 15) is 9.59 Å². The zero-order chi connectivity index (χ0) is 20.0. The van der Waals surface area contributed by atoms with Crippen molar-refractivity contribution in [3.05, 3.63) is 35.2 Å². The summed E-state index contributed by atoms with van der Waals surface area (Å²) >= 11 is 0. The Bertz CT molecular complexity index is 1100. The molecule has 9 heteroatoms. The number of hydrogen-bond acceptors (Lipinski definition) is 5. The second-order valence-corrected chi connectivity index (χ2v) is 7.11. The number of aromatic nitrogens is 4. The lowest BCUT2D eigenvalue weighted by Crippen LogP contribution is -2.21. The number of imidazole rings is 1. The number of benzene rings is 1. The van der Waals surface area contributed by atoms with E-state index in [1.165, 1.54) is 0 Å². The highest BCUT2D eigenvalue weighted by atomic mass is 16.5. The highest BCUT2D eigenvalue weighted by Crippen LogP contribution is 2.34. The SMILES string of the molecule is CCn1nc(C)cc1C(=O)Nc1nc2cc(C(N)=O)cc3c2n1C[C@H](C)CO3. The molecule has 28 heavy (non-hydrogen) atoms. The van der Waals surface area contributed by atoms with Crippen molar-refractivity contribution < 1.29 is 14.3 Å². The number of aryl methyl sites for hydroxylation is 2. The van der Waals surface area contributed by atoms with Gasteiger partial charge in [-0.05, 0) is 32.0 Å². The van der Waals surface area contributed by atoms with Crippen molar-refractivity contribution in [2.75, 3.05) is 11.9 Å². The molecule has 0 unspecified atom stereocenters. The predicted octanol–water partition coefficient (Wildman–Crippen LogP) is 1.94. The number of amides is 2. The van der Waals surface area contributed by atoms with Crippen LogP contribution >= 0.6 is 0 Å². The Kier molecular flexibility index (Phi) is 4.29. The number of carbonyl (C=O) groups is 2. The molecule has 9 nitrogen and oxygen atoms in total. The molecule has 0 fully saturated rings. The summed E-state index contributed by atoms with van der Waals surface area (Å²) in [4.78, 5) is 29.1. The molecule has 0 spiro atoms. The van der Waals surface area contributed by atoms with Crippen LogP contribution in [-0.4, -0.2) is 37.8 Å². The Labute approximate surface area is 161 Å². The molecule has 0 saturated heterocycles. The molecule has 3 heterocycles. The molecule has 2 aromatic heterocycles. The van der Waals surface area contributed by atoms with E-state index >= 15 is 0 Å². The van der Waals surface area contributed by atoms with Gasteiger partial charge in [-0.25, -0.2) is 4.98 Å². The van der Waals surface area contributed by atoms with Gasteiger partial charge in [-0.2, -0.15) is 5.10 Å².